The summed E-state index contributed by atoms with van der Waals surface area (Å²) in [7, 11) is 0. The van der Waals surface area contributed by atoms with Gasteiger partial charge in [0.2, 0.25) is 0 Å². The maximum Gasteiger partial charge on any atom is 0.124 e. The molecule has 1 saturated heterocycles. The van der Waals surface area contributed by atoms with Crippen molar-refractivity contribution in [3.8, 4) is 0 Å². The molecule has 1 N–H and O–H groups in total. The zero-order valence-electron chi connectivity index (χ0n) is 8.71. The summed E-state index contributed by atoms with van der Waals surface area (Å²) in [5.41, 5.74) is 2.54. The lowest BCUT2D eigenvalue weighted by atomic mass is 10.00. The summed E-state index contributed by atoms with van der Waals surface area (Å²) in [4.78, 5) is 4.24. The summed E-state index contributed by atoms with van der Waals surface area (Å²) in [6, 6.07) is 2.56. The van der Waals surface area contributed by atoms with Crippen LogP contribution in [0.5, 0.6) is 0 Å². The third-order valence-electron chi connectivity index (χ3n) is 3.43. The molecular formula is C12H12BrClN2. The smallest absolute Gasteiger partial charge is 0.124 e. The number of nitrogens with zero attached hydrogens (tertiary/aromatic N) is 1. The summed E-state index contributed by atoms with van der Waals surface area (Å²) in [5, 5.41) is 4.19. The van der Waals surface area contributed by atoms with Crippen molar-refractivity contribution in [1.29, 1.82) is 0 Å². The Morgan fingerprint density at radius 2 is 2.38 bits per heavy atom. The van der Waals surface area contributed by atoms with Crippen molar-refractivity contribution in [2.45, 2.75) is 18.9 Å². The number of aromatic nitrogens is 1. The number of allylic oxidation sites excluding steroid dienone is 1. The largest absolute Gasteiger partial charge is 0.310 e. The average molecular weight is 300 g/mol. The first-order chi connectivity index (χ1) is 7.74. The summed E-state index contributed by atoms with van der Waals surface area (Å²) in [6.45, 7) is 1.15. The van der Waals surface area contributed by atoms with Crippen LogP contribution >= 0.6 is 27.5 Å². The molecule has 0 amide bonds. The van der Waals surface area contributed by atoms with E-state index in [1.165, 1.54) is 12.0 Å². The molecule has 16 heavy (non-hydrogen) atoms. The third kappa shape index (κ3) is 1.81. The molecule has 2 nitrogen and oxygen atoms in total. The average Bonchev–Trinajstić information content (AvgIpc) is 2.81. The van der Waals surface area contributed by atoms with Crippen LogP contribution in [0.25, 0.3) is 5.57 Å². The fourth-order valence-electron chi connectivity index (χ4n) is 2.58. The molecule has 1 aromatic rings. The molecule has 1 aliphatic carbocycles. The van der Waals surface area contributed by atoms with Gasteiger partial charge in [-0.2, -0.15) is 0 Å². The Hall–Kier alpha value is -0.380. The first-order valence-corrected chi connectivity index (χ1v) is 6.66. The molecule has 1 fully saturated rings. The molecule has 0 bridgehead atoms. The van der Waals surface area contributed by atoms with Gasteiger partial charge in [-0.05, 0) is 58.4 Å². The second kappa shape index (κ2) is 4.13. The zero-order chi connectivity index (χ0) is 11.1. The molecule has 2 heterocycles. The summed E-state index contributed by atoms with van der Waals surface area (Å²) < 4.78 is 0.717. The van der Waals surface area contributed by atoms with Gasteiger partial charge in [-0.1, -0.05) is 17.7 Å². The molecule has 84 valence electrons. The minimum Gasteiger partial charge on any atom is -0.310 e. The number of hydrogen-bond acceptors (Lipinski definition) is 2. The number of nitrogens with one attached hydrogen (secondary N) is 1. The van der Waals surface area contributed by atoms with Gasteiger partial charge in [-0.15, -0.1) is 0 Å². The highest BCUT2D eigenvalue weighted by Gasteiger charge is 2.31. The number of rotatable bonds is 1. The van der Waals surface area contributed by atoms with E-state index in [9.17, 15) is 0 Å². The predicted octanol–water partition coefficient (Wildman–Crippen LogP) is 3.26. The van der Waals surface area contributed by atoms with Crippen molar-refractivity contribution in [1.82, 2.24) is 10.3 Å². The number of fused-ring (bicyclic) bond motifs is 1. The monoisotopic (exact) mass is 298 g/mol. The Bertz CT molecular complexity index is 458. The summed E-state index contributed by atoms with van der Waals surface area (Å²) in [5.74, 6) is 0.775. The van der Waals surface area contributed by atoms with Gasteiger partial charge in [0.15, 0.2) is 0 Å². The fourth-order valence-corrected chi connectivity index (χ4v) is 2.97. The molecule has 1 aliphatic heterocycles. The Morgan fingerprint density at radius 3 is 3.12 bits per heavy atom. The Balaban J connectivity index is 1.90. The molecule has 0 radical (unpaired) electrons. The highest BCUT2D eigenvalue weighted by Crippen LogP contribution is 2.37. The molecule has 4 heteroatoms. The quantitative estimate of drug-likeness (QED) is 0.805. The van der Waals surface area contributed by atoms with Crippen molar-refractivity contribution >= 4 is 33.1 Å². The van der Waals surface area contributed by atoms with Crippen LogP contribution in [0.1, 0.15) is 18.4 Å². The van der Waals surface area contributed by atoms with Crippen molar-refractivity contribution in [3.05, 3.63) is 33.5 Å². The van der Waals surface area contributed by atoms with E-state index >= 15 is 0 Å². The van der Waals surface area contributed by atoms with E-state index in [-0.39, 0.29) is 0 Å². The van der Waals surface area contributed by atoms with Crippen LogP contribution in [0.2, 0.25) is 5.02 Å². The topological polar surface area (TPSA) is 24.9 Å². The molecule has 2 unspecified atom stereocenters. The zero-order valence-corrected chi connectivity index (χ0v) is 11.1. The van der Waals surface area contributed by atoms with Crippen LogP contribution in [0.4, 0.5) is 0 Å². The Kier molecular flexibility index (Phi) is 2.78. The van der Waals surface area contributed by atoms with E-state index in [4.69, 9.17) is 11.6 Å². The Morgan fingerprint density at radius 1 is 1.50 bits per heavy atom. The minimum absolute atomic E-state index is 0.567. The highest BCUT2D eigenvalue weighted by molar-refractivity contribution is 9.10. The SMILES string of the molecule is Clc1cc(C2=CC3NCCC3C2)cnc1Br. The number of halogens is 2. The van der Waals surface area contributed by atoms with Gasteiger partial charge in [0.25, 0.3) is 0 Å². The van der Waals surface area contributed by atoms with Gasteiger partial charge in [0.1, 0.15) is 4.60 Å². The minimum atomic E-state index is 0.567. The Labute approximate surface area is 108 Å². The van der Waals surface area contributed by atoms with Gasteiger partial charge < -0.3 is 5.32 Å². The lowest BCUT2D eigenvalue weighted by Gasteiger charge is -2.07. The highest BCUT2D eigenvalue weighted by atomic mass is 79.9. The van der Waals surface area contributed by atoms with Crippen LogP contribution in [0, 0.1) is 5.92 Å². The van der Waals surface area contributed by atoms with Gasteiger partial charge in [0.05, 0.1) is 5.02 Å². The molecule has 1 aromatic heterocycles. The first-order valence-electron chi connectivity index (χ1n) is 5.49. The molecule has 0 aromatic carbocycles. The van der Waals surface area contributed by atoms with Crippen molar-refractivity contribution < 1.29 is 0 Å². The first kappa shape index (κ1) is 10.8. The second-order valence-electron chi connectivity index (χ2n) is 4.42. The standard InChI is InChI=1S/C12H12BrClN2/c13-12-10(14)4-9(6-16-12)8-3-7-1-2-15-11(7)5-8/h4-7,11,15H,1-3H2. The molecular weight excluding hydrogens is 288 g/mol. The van der Waals surface area contributed by atoms with E-state index in [0.717, 1.165) is 29.1 Å². The van der Waals surface area contributed by atoms with Crippen LogP contribution in [-0.4, -0.2) is 17.6 Å². The summed E-state index contributed by atoms with van der Waals surface area (Å²) >= 11 is 9.37. The molecule has 0 spiro atoms. The summed E-state index contributed by atoms with van der Waals surface area (Å²) in [6.07, 6.45) is 6.65. The number of pyridine rings is 1. The van der Waals surface area contributed by atoms with Crippen LogP contribution < -0.4 is 5.32 Å². The number of hydrogen-bond donors (Lipinski definition) is 1. The van der Waals surface area contributed by atoms with Gasteiger partial charge >= 0.3 is 0 Å². The van der Waals surface area contributed by atoms with Crippen LogP contribution in [0.3, 0.4) is 0 Å². The second-order valence-corrected chi connectivity index (χ2v) is 5.58. The van der Waals surface area contributed by atoms with Crippen molar-refractivity contribution in [2.24, 2.45) is 5.92 Å². The molecule has 3 rings (SSSR count). The van der Waals surface area contributed by atoms with E-state index in [0.29, 0.717) is 11.1 Å². The van der Waals surface area contributed by atoms with Crippen molar-refractivity contribution in [3.63, 3.8) is 0 Å². The third-order valence-corrected chi connectivity index (χ3v) is 4.58. The van der Waals surface area contributed by atoms with Crippen LogP contribution in [0.15, 0.2) is 22.9 Å². The normalized spacial score (nSPS) is 28.0. The van der Waals surface area contributed by atoms with E-state index in [1.807, 2.05) is 12.3 Å². The van der Waals surface area contributed by atoms with E-state index in [2.05, 4.69) is 32.3 Å². The van der Waals surface area contributed by atoms with Crippen LogP contribution in [-0.2, 0) is 0 Å². The maximum absolute atomic E-state index is 6.06. The lowest BCUT2D eigenvalue weighted by Crippen LogP contribution is -2.20. The van der Waals surface area contributed by atoms with Gasteiger partial charge in [0, 0.05) is 12.2 Å². The molecule has 2 atom stereocenters. The van der Waals surface area contributed by atoms with Gasteiger partial charge in [-0.3, -0.25) is 0 Å². The van der Waals surface area contributed by atoms with Gasteiger partial charge in [-0.25, -0.2) is 4.98 Å². The van der Waals surface area contributed by atoms with E-state index < -0.39 is 0 Å². The maximum atomic E-state index is 6.06. The lowest BCUT2D eigenvalue weighted by molar-refractivity contribution is 0.553. The fraction of sp³-hybridized carbons (Fsp3) is 0.417. The predicted molar refractivity (Wildman–Crippen MR) is 69.4 cm³/mol. The van der Waals surface area contributed by atoms with Crippen molar-refractivity contribution in [2.75, 3.05) is 6.54 Å². The molecule has 2 aliphatic rings. The molecule has 0 saturated carbocycles. The van der Waals surface area contributed by atoms with E-state index in [1.54, 1.807) is 0 Å².